The van der Waals surface area contributed by atoms with Gasteiger partial charge in [-0.05, 0) is 36.4 Å². The first kappa shape index (κ1) is 14.8. The number of hydrogen-bond donors (Lipinski definition) is 3. The molecule has 0 saturated carbocycles. The first-order valence-electron chi connectivity index (χ1n) is 7.08. The Labute approximate surface area is 134 Å². The first-order valence-corrected chi connectivity index (χ1v) is 7.08. The van der Waals surface area contributed by atoms with Crippen molar-refractivity contribution < 1.29 is 14.3 Å². The highest BCUT2D eigenvalue weighted by molar-refractivity contribution is 5.79. The van der Waals surface area contributed by atoms with E-state index in [-0.39, 0.29) is 6.29 Å². The summed E-state index contributed by atoms with van der Waals surface area (Å²) in [7, 11) is 3.20. The molecule has 120 valence electrons. The molecule has 0 bridgehead atoms. The van der Waals surface area contributed by atoms with Gasteiger partial charge in [0.1, 0.15) is 11.5 Å². The topological polar surface area (TPSA) is 88.8 Å². The highest BCUT2D eigenvalue weighted by Gasteiger charge is 2.27. The lowest BCUT2D eigenvalue weighted by atomic mass is 10.2. The van der Waals surface area contributed by atoms with Gasteiger partial charge in [0, 0.05) is 18.8 Å². The van der Waals surface area contributed by atoms with Crippen LogP contribution >= 0.6 is 0 Å². The molecule has 2 aromatic rings. The smallest absolute Gasteiger partial charge is 0.409 e. The number of nitrogen functional groups attached to an aromatic ring is 1. The number of carbonyl (C=O) groups excluding carboxylic acids is 1. The van der Waals surface area contributed by atoms with Crippen LogP contribution in [0.15, 0.2) is 42.5 Å². The lowest BCUT2D eigenvalue weighted by Crippen LogP contribution is -2.48. The Balaban J connectivity index is 1.76. The second-order valence-electron chi connectivity index (χ2n) is 5.14. The maximum Gasteiger partial charge on any atom is 0.409 e. The van der Waals surface area contributed by atoms with Gasteiger partial charge >= 0.3 is 6.09 Å². The number of fused-ring (bicyclic) bond motifs is 1. The van der Waals surface area contributed by atoms with Crippen LogP contribution in [0.1, 0.15) is 0 Å². The average molecular weight is 314 g/mol. The summed E-state index contributed by atoms with van der Waals surface area (Å²) in [6.45, 7) is 0. The SMILES string of the molecule is COC(=O)NC1Nc2ccc(Oc3ccc(N)cc3)cc2N1C. The number of hydrogen-bond acceptors (Lipinski definition) is 6. The number of anilines is 3. The zero-order valence-electron chi connectivity index (χ0n) is 12.9. The van der Waals surface area contributed by atoms with Gasteiger partial charge in [-0.15, -0.1) is 0 Å². The van der Waals surface area contributed by atoms with E-state index in [0.717, 1.165) is 11.4 Å². The molecule has 1 aliphatic rings. The van der Waals surface area contributed by atoms with Gasteiger partial charge in [0.05, 0.1) is 18.5 Å². The van der Waals surface area contributed by atoms with Gasteiger partial charge in [-0.3, -0.25) is 5.32 Å². The Morgan fingerprint density at radius 3 is 2.61 bits per heavy atom. The molecule has 0 saturated heterocycles. The molecule has 1 aliphatic heterocycles. The van der Waals surface area contributed by atoms with E-state index in [1.165, 1.54) is 7.11 Å². The number of alkyl carbamates (subject to hydrolysis) is 1. The second kappa shape index (κ2) is 5.96. The number of methoxy groups -OCH3 is 1. The molecule has 1 unspecified atom stereocenters. The van der Waals surface area contributed by atoms with Crippen LogP contribution in [-0.4, -0.2) is 26.5 Å². The second-order valence-corrected chi connectivity index (χ2v) is 5.14. The normalized spacial score (nSPS) is 15.6. The maximum absolute atomic E-state index is 11.4. The van der Waals surface area contributed by atoms with Crippen LogP contribution in [0.4, 0.5) is 21.9 Å². The highest BCUT2D eigenvalue weighted by Crippen LogP contribution is 2.37. The van der Waals surface area contributed by atoms with Crippen LogP contribution in [0.5, 0.6) is 11.5 Å². The van der Waals surface area contributed by atoms with Crippen molar-refractivity contribution in [3.63, 3.8) is 0 Å². The average Bonchev–Trinajstić information content (AvgIpc) is 2.85. The Morgan fingerprint density at radius 2 is 1.91 bits per heavy atom. The molecule has 0 spiro atoms. The standard InChI is InChI=1S/C16H18N4O3/c1-20-14-9-12(23-11-5-3-10(17)4-6-11)7-8-13(14)18-15(20)19-16(21)22-2/h3-9,15,18H,17H2,1-2H3,(H,19,21). The van der Waals surface area contributed by atoms with E-state index in [2.05, 4.69) is 15.4 Å². The number of benzene rings is 2. The highest BCUT2D eigenvalue weighted by atomic mass is 16.5. The molecule has 0 fully saturated rings. The van der Waals surface area contributed by atoms with Gasteiger partial charge in [-0.1, -0.05) is 0 Å². The fraction of sp³-hybridized carbons (Fsp3) is 0.188. The monoisotopic (exact) mass is 314 g/mol. The summed E-state index contributed by atoms with van der Waals surface area (Å²) in [6, 6.07) is 12.9. The van der Waals surface area contributed by atoms with E-state index in [1.54, 1.807) is 12.1 Å². The van der Waals surface area contributed by atoms with E-state index in [0.29, 0.717) is 17.2 Å². The Hall–Kier alpha value is -3.09. The molecule has 7 nitrogen and oxygen atoms in total. The quantitative estimate of drug-likeness (QED) is 0.755. The maximum atomic E-state index is 11.4. The minimum atomic E-state index is -0.500. The van der Waals surface area contributed by atoms with Gasteiger partial charge in [0.25, 0.3) is 0 Å². The third-order valence-corrected chi connectivity index (χ3v) is 3.58. The minimum Gasteiger partial charge on any atom is -0.457 e. The summed E-state index contributed by atoms with van der Waals surface area (Å²) in [5.74, 6) is 1.40. The van der Waals surface area contributed by atoms with Gasteiger partial charge in [0.2, 0.25) is 0 Å². The molecular formula is C16H18N4O3. The van der Waals surface area contributed by atoms with Crippen LogP contribution in [0.3, 0.4) is 0 Å². The first-order chi connectivity index (χ1) is 11.1. The number of nitrogens with two attached hydrogens (primary N) is 1. The van der Waals surface area contributed by atoms with E-state index in [4.69, 9.17) is 10.5 Å². The molecule has 0 aromatic heterocycles. The molecule has 1 atom stereocenters. The minimum absolute atomic E-state index is 0.371. The molecule has 7 heteroatoms. The van der Waals surface area contributed by atoms with E-state index in [9.17, 15) is 4.79 Å². The predicted octanol–water partition coefficient (Wildman–Crippen LogP) is 2.56. The Kier molecular flexibility index (Phi) is 3.84. The van der Waals surface area contributed by atoms with Crippen LogP contribution in [-0.2, 0) is 4.74 Å². The van der Waals surface area contributed by atoms with Gasteiger partial charge in [-0.2, -0.15) is 0 Å². The molecule has 3 rings (SSSR count). The van der Waals surface area contributed by atoms with Crippen LogP contribution < -0.4 is 26.0 Å². The predicted molar refractivity (Wildman–Crippen MR) is 88.7 cm³/mol. The molecular weight excluding hydrogens is 296 g/mol. The van der Waals surface area contributed by atoms with Crippen molar-refractivity contribution in [2.45, 2.75) is 6.29 Å². The molecule has 0 radical (unpaired) electrons. The number of rotatable bonds is 3. The fourth-order valence-corrected chi connectivity index (χ4v) is 2.35. The lowest BCUT2D eigenvalue weighted by molar-refractivity contribution is 0.168. The fourth-order valence-electron chi connectivity index (χ4n) is 2.35. The van der Waals surface area contributed by atoms with Gasteiger partial charge in [-0.25, -0.2) is 4.79 Å². The summed E-state index contributed by atoms with van der Waals surface area (Å²) < 4.78 is 10.4. The summed E-state index contributed by atoms with van der Waals surface area (Å²) >= 11 is 0. The summed E-state index contributed by atoms with van der Waals surface area (Å²) in [4.78, 5) is 13.3. The van der Waals surface area contributed by atoms with E-state index < -0.39 is 6.09 Å². The third kappa shape index (κ3) is 3.08. The van der Waals surface area contributed by atoms with Crippen molar-refractivity contribution in [1.82, 2.24) is 5.32 Å². The summed E-state index contributed by atoms with van der Waals surface area (Å²) in [6.07, 6.45) is -0.871. The van der Waals surface area contributed by atoms with Crippen LogP contribution in [0.2, 0.25) is 0 Å². The van der Waals surface area contributed by atoms with Crippen molar-refractivity contribution in [3.05, 3.63) is 42.5 Å². The van der Waals surface area contributed by atoms with Crippen molar-refractivity contribution in [2.75, 3.05) is 30.1 Å². The lowest BCUT2D eigenvalue weighted by Gasteiger charge is -2.22. The molecule has 2 aromatic carbocycles. The van der Waals surface area contributed by atoms with E-state index >= 15 is 0 Å². The largest absolute Gasteiger partial charge is 0.457 e. The number of nitrogens with zero attached hydrogens (tertiary/aromatic N) is 1. The van der Waals surface area contributed by atoms with Crippen molar-refractivity contribution in [1.29, 1.82) is 0 Å². The van der Waals surface area contributed by atoms with Crippen molar-refractivity contribution >= 4 is 23.2 Å². The molecule has 23 heavy (non-hydrogen) atoms. The Bertz CT molecular complexity index is 718. The summed E-state index contributed by atoms with van der Waals surface area (Å²) in [5, 5.41) is 5.89. The molecule has 1 heterocycles. The number of nitrogens with one attached hydrogen (secondary N) is 2. The van der Waals surface area contributed by atoms with Crippen LogP contribution in [0.25, 0.3) is 0 Å². The molecule has 1 amide bonds. The third-order valence-electron chi connectivity index (χ3n) is 3.58. The van der Waals surface area contributed by atoms with Gasteiger partial charge < -0.3 is 25.4 Å². The molecule has 0 aliphatic carbocycles. The van der Waals surface area contributed by atoms with Crippen molar-refractivity contribution in [2.24, 2.45) is 0 Å². The van der Waals surface area contributed by atoms with E-state index in [1.807, 2.05) is 42.3 Å². The zero-order chi connectivity index (χ0) is 16.4. The molecule has 4 N–H and O–H groups in total. The Morgan fingerprint density at radius 1 is 1.22 bits per heavy atom. The van der Waals surface area contributed by atoms with Crippen molar-refractivity contribution in [3.8, 4) is 11.5 Å². The van der Waals surface area contributed by atoms with Crippen LogP contribution in [0, 0.1) is 0 Å². The number of amides is 1. The summed E-state index contributed by atoms with van der Waals surface area (Å²) in [5.41, 5.74) is 8.17. The zero-order valence-corrected chi connectivity index (χ0v) is 12.9. The number of ether oxygens (including phenoxy) is 2. The number of carbonyl (C=O) groups is 1. The van der Waals surface area contributed by atoms with Gasteiger partial charge in [0.15, 0.2) is 6.29 Å².